The van der Waals surface area contributed by atoms with Crippen molar-refractivity contribution in [2.75, 3.05) is 52.7 Å². The molecule has 0 aromatic heterocycles. The average Bonchev–Trinajstić information content (AvgIpc) is 2.53. The molecule has 0 aliphatic rings. The zero-order valence-corrected chi connectivity index (χ0v) is 14.5. The zero-order chi connectivity index (χ0) is 18.2. The summed E-state index contributed by atoms with van der Waals surface area (Å²) < 4.78 is 10.7. The van der Waals surface area contributed by atoms with Crippen molar-refractivity contribution < 1.29 is 24.5 Å². The molecule has 0 aromatic carbocycles. The van der Waals surface area contributed by atoms with Crippen LogP contribution < -0.4 is 11.5 Å². The van der Waals surface area contributed by atoms with Crippen molar-refractivity contribution in [1.82, 2.24) is 4.90 Å². The number of carbonyl (C=O) groups is 1. The molecule has 0 amide bonds. The van der Waals surface area contributed by atoms with Crippen LogP contribution in [-0.4, -0.2) is 85.8 Å². The second-order valence-electron chi connectivity index (χ2n) is 5.29. The Balaban J connectivity index is 4.53. The SMILES string of the molecule is CCCOCCN(CCOCCO)[C@@H](CCCN=C(N)N)C(=O)O. The highest BCUT2D eigenvalue weighted by Crippen LogP contribution is 2.08. The molecule has 0 aliphatic carbocycles. The quantitative estimate of drug-likeness (QED) is 0.162. The third kappa shape index (κ3) is 12.1. The summed E-state index contributed by atoms with van der Waals surface area (Å²) in [7, 11) is 0. The highest BCUT2D eigenvalue weighted by atomic mass is 16.5. The number of nitrogens with zero attached hydrogens (tertiary/aromatic N) is 2. The van der Waals surface area contributed by atoms with Crippen molar-refractivity contribution >= 4 is 11.9 Å². The van der Waals surface area contributed by atoms with Crippen molar-refractivity contribution in [2.45, 2.75) is 32.2 Å². The molecule has 0 aromatic rings. The Morgan fingerprint density at radius 1 is 1.17 bits per heavy atom. The molecule has 1 atom stereocenters. The molecule has 142 valence electrons. The summed E-state index contributed by atoms with van der Waals surface area (Å²) in [4.78, 5) is 17.3. The van der Waals surface area contributed by atoms with E-state index in [1.165, 1.54) is 0 Å². The number of hydrogen-bond donors (Lipinski definition) is 4. The first-order valence-electron chi connectivity index (χ1n) is 8.31. The predicted octanol–water partition coefficient (Wildman–Crippen LogP) is -0.769. The van der Waals surface area contributed by atoms with Crippen LogP contribution in [0.5, 0.6) is 0 Å². The number of aliphatic hydroxyl groups excluding tert-OH is 1. The van der Waals surface area contributed by atoms with Gasteiger partial charge >= 0.3 is 5.97 Å². The molecule has 0 aliphatic heterocycles. The molecule has 0 spiro atoms. The van der Waals surface area contributed by atoms with Crippen LogP contribution in [0.15, 0.2) is 4.99 Å². The van der Waals surface area contributed by atoms with Crippen molar-refractivity contribution in [3.05, 3.63) is 0 Å². The minimum atomic E-state index is -0.891. The number of carboxylic acids is 1. The molecular formula is C15H32N4O5. The zero-order valence-electron chi connectivity index (χ0n) is 14.5. The van der Waals surface area contributed by atoms with Crippen LogP contribution in [0.25, 0.3) is 0 Å². The van der Waals surface area contributed by atoms with E-state index in [-0.39, 0.29) is 19.2 Å². The minimum Gasteiger partial charge on any atom is -0.480 e. The van der Waals surface area contributed by atoms with E-state index in [0.29, 0.717) is 52.3 Å². The van der Waals surface area contributed by atoms with Gasteiger partial charge in [0.1, 0.15) is 6.04 Å². The first kappa shape index (κ1) is 22.6. The maximum absolute atomic E-state index is 11.6. The van der Waals surface area contributed by atoms with Gasteiger partial charge in [-0.05, 0) is 19.3 Å². The normalized spacial score (nSPS) is 12.3. The summed E-state index contributed by atoms with van der Waals surface area (Å²) >= 11 is 0. The summed E-state index contributed by atoms with van der Waals surface area (Å²) in [5.74, 6) is -0.888. The van der Waals surface area contributed by atoms with Crippen molar-refractivity contribution in [1.29, 1.82) is 0 Å². The molecule has 0 unspecified atom stereocenters. The molecule has 0 heterocycles. The van der Waals surface area contributed by atoms with Gasteiger partial charge in [-0.2, -0.15) is 0 Å². The van der Waals surface area contributed by atoms with Crippen molar-refractivity contribution in [3.63, 3.8) is 0 Å². The third-order valence-electron chi connectivity index (χ3n) is 3.29. The third-order valence-corrected chi connectivity index (χ3v) is 3.29. The molecule has 0 radical (unpaired) electrons. The summed E-state index contributed by atoms with van der Waals surface area (Å²) in [5.41, 5.74) is 10.5. The maximum atomic E-state index is 11.6. The van der Waals surface area contributed by atoms with E-state index in [1.54, 1.807) is 0 Å². The van der Waals surface area contributed by atoms with Gasteiger partial charge in [-0.25, -0.2) is 0 Å². The lowest BCUT2D eigenvalue weighted by Crippen LogP contribution is -2.45. The van der Waals surface area contributed by atoms with Gasteiger partial charge in [-0.15, -0.1) is 0 Å². The van der Waals surface area contributed by atoms with E-state index in [4.69, 9.17) is 26.0 Å². The number of hydrogen-bond acceptors (Lipinski definition) is 6. The lowest BCUT2D eigenvalue weighted by Gasteiger charge is -2.28. The van der Waals surface area contributed by atoms with Gasteiger partial charge in [0.15, 0.2) is 5.96 Å². The predicted molar refractivity (Wildman–Crippen MR) is 91.9 cm³/mol. The van der Waals surface area contributed by atoms with Crippen LogP contribution in [0.1, 0.15) is 26.2 Å². The Bertz CT molecular complexity index is 339. The standard InChI is InChI=1S/C15H32N4O5/c1-2-9-23-10-6-19(7-11-24-12-8-20)13(14(21)22)4-3-5-18-15(16)17/h13,20H,2-12H2,1H3,(H,21,22)(H4,16,17,18)/t13-/m0/s1. The van der Waals surface area contributed by atoms with Crippen LogP contribution in [-0.2, 0) is 14.3 Å². The molecular weight excluding hydrogens is 316 g/mol. The number of carboxylic acid groups (broad SMARTS) is 1. The fraction of sp³-hybridized carbons (Fsp3) is 0.867. The van der Waals surface area contributed by atoms with E-state index < -0.39 is 12.0 Å². The Kier molecular flexibility index (Phi) is 14.2. The number of ether oxygens (including phenoxy) is 2. The lowest BCUT2D eigenvalue weighted by atomic mass is 10.1. The summed E-state index contributed by atoms with van der Waals surface area (Å²) in [6.45, 7) is 5.02. The number of guanidine groups is 1. The number of aliphatic hydroxyl groups is 1. The highest BCUT2D eigenvalue weighted by Gasteiger charge is 2.24. The fourth-order valence-corrected chi connectivity index (χ4v) is 2.16. The Labute approximate surface area is 143 Å². The van der Waals surface area contributed by atoms with Gasteiger partial charge < -0.3 is 31.2 Å². The van der Waals surface area contributed by atoms with Gasteiger partial charge in [0.25, 0.3) is 0 Å². The molecule has 0 saturated carbocycles. The van der Waals surface area contributed by atoms with E-state index in [0.717, 1.165) is 6.42 Å². The highest BCUT2D eigenvalue weighted by molar-refractivity contribution is 5.75. The van der Waals surface area contributed by atoms with Gasteiger partial charge in [0.05, 0.1) is 26.4 Å². The molecule has 0 saturated heterocycles. The minimum absolute atomic E-state index is 0.00380. The number of rotatable bonds is 16. The molecule has 0 fully saturated rings. The van der Waals surface area contributed by atoms with E-state index in [9.17, 15) is 9.90 Å². The Morgan fingerprint density at radius 2 is 1.79 bits per heavy atom. The van der Waals surface area contributed by atoms with Crippen LogP contribution in [0, 0.1) is 0 Å². The summed E-state index contributed by atoms with van der Waals surface area (Å²) in [6.07, 6.45) is 1.92. The van der Waals surface area contributed by atoms with Gasteiger partial charge in [-0.1, -0.05) is 6.92 Å². The number of nitrogens with two attached hydrogens (primary N) is 2. The average molecular weight is 348 g/mol. The first-order valence-corrected chi connectivity index (χ1v) is 8.31. The summed E-state index contributed by atoms with van der Waals surface area (Å²) in [5, 5.41) is 18.2. The van der Waals surface area contributed by atoms with Crippen LogP contribution >= 0.6 is 0 Å². The summed E-state index contributed by atoms with van der Waals surface area (Å²) in [6, 6.07) is -0.651. The maximum Gasteiger partial charge on any atom is 0.320 e. The van der Waals surface area contributed by atoms with E-state index in [1.807, 2.05) is 11.8 Å². The molecule has 24 heavy (non-hydrogen) atoms. The second kappa shape index (κ2) is 15.1. The van der Waals surface area contributed by atoms with Crippen LogP contribution in [0.2, 0.25) is 0 Å². The van der Waals surface area contributed by atoms with Gasteiger partial charge in [0, 0.05) is 26.2 Å². The monoisotopic (exact) mass is 348 g/mol. The van der Waals surface area contributed by atoms with Gasteiger partial charge in [-0.3, -0.25) is 14.7 Å². The Morgan fingerprint density at radius 3 is 2.29 bits per heavy atom. The van der Waals surface area contributed by atoms with Crippen molar-refractivity contribution in [2.24, 2.45) is 16.5 Å². The van der Waals surface area contributed by atoms with Gasteiger partial charge in [0.2, 0.25) is 0 Å². The molecule has 0 rings (SSSR count). The first-order chi connectivity index (χ1) is 11.5. The van der Waals surface area contributed by atoms with E-state index >= 15 is 0 Å². The molecule has 0 bridgehead atoms. The lowest BCUT2D eigenvalue weighted by molar-refractivity contribution is -0.144. The topological polar surface area (TPSA) is 144 Å². The fourth-order valence-electron chi connectivity index (χ4n) is 2.16. The number of aliphatic carboxylic acids is 1. The smallest absolute Gasteiger partial charge is 0.320 e. The van der Waals surface area contributed by atoms with E-state index in [2.05, 4.69) is 4.99 Å². The molecule has 9 nitrogen and oxygen atoms in total. The molecule has 6 N–H and O–H groups in total. The number of aliphatic imine (C=N–C) groups is 1. The second-order valence-corrected chi connectivity index (χ2v) is 5.29. The van der Waals surface area contributed by atoms with Crippen molar-refractivity contribution in [3.8, 4) is 0 Å². The van der Waals surface area contributed by atoms with Crippen LogP contribution in [0.4, 0.5) is 0 Å². The largest absolute Gasteiger partial charge is 0.480 e. The van der Waals surface area contributed by atoms with Crippen LogP contribution in [0.3, 0.4) is 0 Å². The Hall–Kier alpha value is -1.42. The molecule has 9 heteroatoms.